The van der Waals surface area contributed by atoms with Crippen molar-refractivity contribution in [1.82, 2.24) is 5.06 Å². The van der Waals surface area contributed by atoms with Crippen LogP contribution >= 0.6 is 0 Å². The molecule has 3 aliphatic rings. The number of rotatable bonds is 0. The van der Waals surface area contributed by atoms with Gasteiger partial charge in [-0.05, 0) is 51.9 Å². The Labute approximate surface area is 97.5 Å². The molecule has 0 aromatic heterocycles. The van der Waals surface area contributed by atoms with Gasteiger partial charge in [0.15, 0.2) is 0 Å². The molecule has 2 aliphatic carbocycles. The van der Waals surface area contributed by atoms with E-state index in [1.54, 1.807) is 0 Å². The van der Waals surface area contributed by atoms with E-state index < -0.39 is 0 Å². The third-order valence-electron chi connectivity index (χ3n) is 4.77. The van der Waals surface area contributed by atoms with E-state index in [-0.39, 0.29) is 11.2 Å². The van der Waals surface area contributed by atoms with Gasteiger partial charge in [0, 0.05) is 5.71 Å². The third kappa shape index (κ3) is 1.31. The van der Waals surface area contributed by atoms with Gasteiger partial charge in [0.25, 0.3) is 0 Å². The smallest absolute Gasteiger partial charge is 0.139 e. The average Bonchev–Trinajstić information content (AvgIpc) is 2.52. The maximum atomic E-state index is 12.6. The van der Waals surface area contributed by atoms with Crippen LogP contribution in [0.1, 0.15) is 64.7 Å². The number of aliphatic imine (C=N–C) groups is 1. The van der Waals surface area contributed by atoms with Gasteiger partial charge in [-0.2, -0.15) is 0 Å². The standard InChI is InChI=1S/C13H21N2O/c1-12-8-6-3-7-11(12)14-13(15(12)16)9-4-2-5-10-13/h2-10H2,1H3. The summed E-state index contributed by atoms with van der Waals surface area (Å²) in [6, 6.07) is 0. The molecule has 16 heavy (non-hydrogen) atoms. The SMILES string of the molecule is CC12CCCCC1=NC1(CCCCC1)N2[O]. The Morgan fingerprint density at radius 2 is 1.75 bits per heavy atom. The summed E-state index contributed by atoms with van der Waals surface area (Å²) in [5.74, 6) is 0. The largest absolute Gasteiger partial charge is 0.267 e. The Morgan fingerprint density at radius 1 is 1.06 bits per heavy atom. The maximum Gasteiger partial charge on any atom is 0.139 e. The van der Waals surface area contributed by atoms with Crippen molar-refractivity contribution >= 4 is 5.71 Å². The Morgan fingerprint density at radius 3 is 2.44 bits per heavy atom. The molecular formula is C13H21N2O. The number of hydrogen-bond acceptors (Lipinski definition) is 2. The summed E-state index contributed by atoms with van der Waals surface area (Å²) < 4.78 is 0. The van der Waals surface area contributed by atoms with Crippen molar-refractivity contribution in [1.29, 1.82) is 0 Å². The lowest BCUT2D eigenvalue weighted by Gasteiger charge is -2.41. The lowest BCUT2D eigenvalue weighted by Crippen LogP contribution is -2.54. The minimum absolute atomic E-state index is 0.254. The summed E-state index contributed by atoms with van der Waals surface area (Å²) in [5, 5.41) is 14.0. The molecule has 1 unspecified atom stereocenters. The fourth-order valence-electron chi connectivity index (χ4n) is 3.76. The monoisotopic (exact) mass is 221 g/mol. The van der Waals surface area contributed by atoms with E-state index in [9.17, 15) is 5.21 Å². The van der Waals surface area contributed by atoms with Gasteiger partial charge in [0.1, 0.15) is 5.66 Å². The molecule has 1 radical (unpaired) electrons. The van der Waals surface area contributed by atoms with Crippen LogP contribution in [0.15, 0.2) is 4.99 Å². The van der Waals surface area contributed by atoms with Crippen LogP contribution in [0.2, 0.25) is 0 Å². The Kier molecular flexibility index (Phi) is 2.37. The van der Waals surface area contributed by atoms with E-state index >= 15 is 0 Å². The first-order valence-electron chi connectivity index (χ1n) is 6.74. The summed E-state index contributed by atoms with van der Waals surface area (Å²) >= 11 is 0. The highest BCUT2D eigenvalue weighted by Gasteiger charge is 2.55. The minimum Gasteiger partial charge on any atom is -0.267 e. The Bertz CT molecular complexity index is 320. The Hall–Kier alpha value is -0.410. The summed E-state index contributed by atoms with van der Waals surface area (Å²) in [6.07, 6.45) is 10.1. The zero-order chi connectivity index (χ0) is 11.2. The lowest BCUT2D eigenvalue weighted by molar-refractivity contribution is -0.263. The van der Waals surface area contributed by atoms with Crippen LogP contribution in [0.5, 0.6) is 0 Å². The van der Waals surface area contributed by atoms with E-state index in [2.05, 4.69) is 6.92 Å². The first-order chi connectivity index (χ1) is 7.67. The van der Waals surface area contributed by atoms with Crippen LogP contribution in [0.4, 0.5) is 0 Å². The average molecular weight is 221 g/mol. The second kappa shape index (κ2) is 3.54. The maximum absolute atomic E-state index is 12.6. The molecule has 1 atom stereocenters. The van der Waals surface area contributed by atoms with Crippen molar-refractivity contribution in [3.8, 4) is 0 Å². The molecule has 0 amide bonds. The van der Waals surface area contributed by atoms with Gasteiger partial charge < -0.3 is 0 Å². The molecule has 89 valence electrons. The van der Waals surface area contributed by atoms with Crippen LogP contribution in [-0.2, 0) is 5.21 Å². The topological polar surface area (TPSA) is 35.5 Å². The molecule has 0 N–H and O–H groups in total. The van der Waals surface area contributed by atoms with Gasteiger partial charge in [-0.1, -0.05) is 12.8 Å². The van der Waals surface area contributed by atoms with Gasteiger partial charge in [0.2, 0.25) is 0 Å². The molecule has 2 saturated carbocycles. The molecule has 0 aromatic rings. The molecule has 1 spiro atoms. The van der Waals surface area contributed by atoms with Crippen molar-refractivity contribution in [2.75, 3.05) is 0 Å². The van der Waals surface area contributed by atoms with Crippen LogP contribution < -0.4 is 0 Å². The van der Waals surface area contributed by atoms with E-state index in [1.165, 1.54) is 42.9 Å². The highest BCUT2D eigenvalue weighted by molar-refractivity contribution is 5.95. The summed E-state index contributed by atoms with van der Waals surface area (Å²) in [5.41, 5.74) is 0.595. The van der Waals surface area contributed by atoms with Gasteiger partial charge in [-0.3, -0.25) is 4.99 Å². The third-order valence-corrected chi connectivity index (χ3v) is 4.77. The summed E-state index contributed by atoms with van der Waals surface area (Å²) in [6.45, 7) is 2.11. The second-order valence-corrected chi connectivity index (χ2v) is 5.88. The predicted octanol–water partition coefficient (Wildman–Crippen LogP) is 3.08. The van der Waals surface area contributed by atoms with Gasteiger partial charge in [0.05, 0.1) is 5.54 Å². The van der Waals surface area contributed by atoms with Gasteiger partial charge >= 0.3 is 0 Å². The van der Waals surface area contributed by atoms with Gasteiger partial charge in [-0.15, -0.1) is 10.3 Å². The van der Waals surface area contributed by atoms with Gasteiger partial charge in [-0.25, -0.2) is 0 Å². The normalized spacial score (nSPS) is 38.5. The van der Waals surface area contributed by atoms with E-state index in [0.29, 0.717) is 0 Å². The van der Waals surface area contributed by atoms with Crippen LogP contribution in [-0.4, -0.2) is 22.0 Å². The lowest BCUT2D eigenvalue weighted by atomic mass is 9.81. The molecular weight excluding hydrogens is 200 g/mol. The molecule has 0 saturated heterocycles. The van der Waals surface area contributed by atoms with E-state index in [1.807, 2.05) is 0 Å². The number of hydroxylamine groups is 2. The minimum atomic E-state index is -0.354. The van der Waals surface area contributed by atoms with Crippen molar-refractivity contribution in [2.45, 2.75) is 75.9 Å². The molecule has 3 heteroatoms. The highest BCUT2D eigenvalue weighted by Crippen LogP contribution is 2.47. The van der Waals surface area contributed by atoms with Crippen LogP contribution in [0, 0.1) is 0 Å². The van der Waals surface area contributed by atoms with Crippen LogP contribution in [0.3, 0.4) is 0 Å². The molecule has 2 fully saturated rings. The Balaban J connectivity index is 1.95. The molecule has 0 aromatic carbocycles. The van der Waals surface area contributed by atoms with Crippen LogP contribution in [0.25, 0.3) is 0 Å². The zero-order valence-corrected chi connectivity index (χ0v) is 10.2. The zero-order valence-electron chi connectivity index (χ0n) is 10.2. The second-order valence-electron chi connectivity index (χ2n) is 5.88. The van der Waals surface area contributed by atoms with Crippen molar-refractivity contribution in [3.05, 3.63) is 0 Å². The fraction of sp³-hybridized carbons (Fsp3) is 0.923. The summed E-state index contributed by atoms with van der Waals surface area (Å²) in [7, 11) is 0. The number of hydrogen-bond donors (Lipinski definition) is 0. The van der Waals surface area contributed by atoms with Crippen molar-refractivity contribution in [2.24, 2.45) is 4.99 Å². The van der Waals surface area contributed by atoms with Crippen molar-refractivity contribution in [3.63, 3.8) is 0 Å². The van der Waals surface area contributed by atoms with E-state index in [0.717, 1.165) is 25.7 Å². The quantitative estimate of drug-likeness (QED) is 0.619. The first kappa shape index (κ1) is 10.7. The summed E-state index contributed by atoms with van der Waals surface area (Å²) in [4.78, 5) is 4.88. The first-order valence-corrected chi connectivity index (χ1v) is 6.74. The highest BCUT2D eigenvalue weighted by atomic mass is 16.5. The van der Waals surface area contributed by atoms with E-state index in [4.69, 9.17) is 4.99 Å². The van der Waals surface area contributed by atoms with Crippen molar-refractivity contribution < 1.29 is 5.21 Å². The fourth-order valence-corrected chi connectivity index (χ4v) is 3.76. The number of fused-ring (bicyclic) bond motifs is 1. The molecule has 0 bridgehead atoms. The number of nitrogens with zero attached hydrogens (tertiary/aromatic N) is 2. The molecule has 1 aliphatic heterocycles. The molecule has 1 heterocycles. The molecule has 3 rings (SSSR count). The predicted molar refractivity (Wildman–Crippen MR) is 62.6 cm³/mol. The molecule has 3 nitrogen and oxygen atoms in total.